The summed E-state index contributed by atoms with van der Waals surface area (Å²) in [6, 6.07) is 7.42. The normalized spacial score (nSPS) is 27.7. The first-order chi connectivity index (χ1) is 14.1. The van der Waals surface area contributed by atoms with E-state index in [2.05, 4.69) is 11.0 Å². The second kappa shape index (κ2) is 8.82. The van der Waals surface area contributed by atoms with Gasteiger partial charge in [-0.05, 0) is 82.7 Å². The molecule has 6 nitrogen and oxygen atoms in total. The van der Waals surface area contributed by atoms with Crippen molar-refractivity contribution >= 4 is 6.09 Å². The number of nitrogens with zero attached hydrogens (tertiary/aromatic N) is 2. The number of amides is 1. The van der Waals surface area contributed by atoms with E-state index in [1.807, 2.05) is 24.0 Å². The van der Waals surface area contributed by atoms with E-state index in [1.165, 1.54) is 5.56 Å². The van der Waals surface area contributed by atoms with E-state index >= 15 is 0 Å². The van der Waals surface area contributed by atoms with Gasteiger partial charge in [0.25, 0.3) is 0 Å². The Kier molecular flexibility index (Phi) is 6.18. The number of carbonyl (C=O) groups excluding carboxylic acids is 1. The van der Waals surface area contributed by atoms with E-state index in [1.54, 1.807) is 14.2 Å². The number of hydrogen-bond donors (Lipinski definition) is 0. The topological polar surface area (TPSA) is 51.2 Å². The van der Waals surface area contributed by atoms with Crippen LogP contribution >= 0.6 is 0 Å². The van der Waals surface area contributed by atoms with Crippen molar-refractivity contribution in [2.45, 2.75) is 69.5 Å². The minimum absolute atomic E-state index is 0.109. The fourth-order valence-corrected chi connectivity index (χ4v) is 5.68. The minimum Gasteiger partial charge on any atom is -0.497 e. The van der Waals surface area contributed by atoms with Crippen molar-refractivity contribution in [3.05, 3.63) is 23.8 Å². The van der Waals surface area contributed by atoms with Crippen LogP contribution < -0.4 is 9.47 Å². The predicted molar refractivity (Wildman–Crippen MR) is 112 cm³/mol. The molecule has 1 amide bonds. The van der Waals surface area contributed by atoms with Gasteiger partial charge in [-0.15, -0.1) is 0 Å². The minimum atomic E-state index is -0.109. The molecule has 0 N–H and O–H groups in total. The number of hydrogen-bond acceptors (Lipinski definition) is 5. The van der Waals surface area contributed by atoms with Gasteiger partial charge in [-0.2, -0.15) is 0 Å². The summed E-state index contributed by atoms with van der Waals surface area (Å²) in [6.07, 6.45) is 6.58. The third kappa shape index (κ3) is 4.04. The molecule has 0 radical (unpaired) electrons. The Morgan fingerprint density at radius 3 is 2.28 bits per heavy atom. The smallest absolute Gasteiger partial charge is 0.410 e. The summed E-state index contributed by atoms with van der Waals surface area (Å²) in [4.78, 5) is 17.0. The van der Waals surface area contributed by atoms with Crippen molar-refractivity contribution in [1.29, 1.82) is 0 Å². The van der Waals surface area contributed by atoms with Crippen LogP contribution in [0.5, 0.6) is 11.5 Å². The largest absolute Gasteiger partial charge is 0.497 e. The molecule has 1 aromatic carbocycles. The van der Waals surface area contributed by atoms with Crippen molar-refractivity contribution in [3.8, 4) is 11.5 Å². The molecule has 2 atom stereocenters. The summed E-state index contributed by atoms with van der Waals surface area (Å²) in [6.45, 7) is 4.55. The molecule has 3 fully saturated rings. The van der Waals surface area contributed by atoms with Crippen LogP contribution in [0.2, 0.25) is 0 Å². The number of benzene rings is 1. The highest BCUT2D eigenvalue weighted by Gasteiger charge is 2.45. The Balaban J connectivity index is 1.37. The van der Waals surface area contributed by atoms with Gasteiger partial charge in [-0.1, -0.05) is 0 Å². The van der Waals surface area contributed by atoms with Crippen LogP contribution in [0.15, 0.2) is 18.2 Å². The monoisotopic (exact) mass is 402 g/mol. The summed E-state index contributed by atoms with van der Waals surface area (Å²) in [5.74, 6) is 2.36. The van der Waals surface area contributed by atoms with Gasteiger partial charge in [0.15, 0.2) is 0 Å². The first kappa shape index (κ1) is 20.3. The Bertz CT molecular complexity index is 703. The maximum absolute atomic E-state index is 12.3. The zero-order valence-electron chi connectivity index (χ0n) is 17.9. The molecule has 0 aliphatic carbocycles. The number of piperidine rings is 2. The highest BCUT2D eigenvalue weighted by atomic mass is 16.6. The van der Waals surface area contributed by atoms with Crippen LogP contribution in [0.4, 0.5) is 4.79 Å². The summed E-state index contributed by atoms with van der Waals surface area (Å²) in [5.41, 5.74) is 1.27. The molecular formula is C23H34N2O4. The van der Waals surface area contributed by atoms with Gasteiger partial charge < -0.3 is 24.0 Å². The first-order valence-corrected chi connectivity index (χ1v) is 11.1. The molecule has 0 spiro atoms. The molecule has 1 aromatic rings. The summed E-state index contributed by atoms with van der Waals surface area (Å²) in [7, 11) is 3.46. The molecule has 3 aliphatic heterocycles. The predicted octanol–water partition coefficient (Wildman–Crippen LogP) is 4.04. The molecular weight excluding hydrogens is 368 g/mol. The fourth-order valence-electron chi connectivity index (χ4n) is 5.68. The number of likely N-dealkylation sites (tertiary alicyclic amines) is 1. The third-order valence-corrected chi connectivity index (χ3v) is 7.11. The van der Waals surface area contributed by atoms with Crippen molar-refractivity contribution in [1.82, 2.24) is 9.80 Å². The van der Waals surface area contributed by atoms with Gasteiger partial charge in [0.2, 0.25) is 0 Å². The average Bonchev–Trinajstić information content (AvgIpc) is 3.03. The molecule has 3 aliphatic rings. The lowest BCUT2D eigenvalue weighted by Crippen LogP contribution is -2.53. The van der Waals surface area contributed by atoms with Gasteiger partial charge in [0, 0.05) is 23.7 Å². The number of fused-ring (bicyclic) bond motifs is 2. The molecule has 6 heteroatoms. The SMILES string of the molecule is CCOC(=O)N1[C@@H]2CC[C@@H]1CC(N1CCC(c3cc(OC)ccc3OC)CC1)C2. The maximum Gasteiger partial charge on any atom is 0.410 e. The summed E-state index contributed by atoms with van der Waals surface area (Å²) < 4.78 is 16.3. The van der Waals surface area contributed by atoms with Gasteiger partial charge >= 0.3 is 6.09 Å². The lowest BCUT2D eigenvalue weighted by atomic mass is 9.86. The maximum atomic E-state index is 12.3. The van der Waals surface area contributed by atoms with Gasteiger partial charge in [0.05, 0.1) is 20.8 Å². The van der Waals surface area contributed by atoms with Gasteiger partial charge in [-0.25, -0.2) is 4.79 Å². The highest BCUT2D eigenvalue weighted by Crippen LogP contribution is 2.41. The molecule has 2 bridgehead atoms. The Morgan fingerprint density at radius 1 is 1.00 bits per heavy atom. The Hall–Kier alpha value is -1.95. The standard InChI is InChI=1S/C23H34N2O4/c1-4-29-23(26)25-17-5-6-18(25)14-19(13-17)24-11-9-16(10-12-24)21-15-20(27-2)7-8-22(21)28-3/h7-8,15-19H,4-6,9-14H2,1-3H3/t17-,18-/m1/s1. The average molecular weight is 403 g/mol. The zero-order valence-corrected chi connectivity index (χ0v) is 17.9. The molecule has 0 saturated carbocycles. The van der Waals surface area contributed by atoms with Crippen LogP contribution in [0, 0.1) is 0 Å². The van der Waals surface area contributed by atoms with E-state index in [0.29, 0.717) is 30.7 Å². The number of carbonyl (C=O) groups is 1. The second-order valence-electron chi connectivity index (χ2n) is 8.53. The zero-order chi connectivity index (χ0) is 20.4. The van der Waals surface area contributed by atoms with E-state index < -0.39 is 0 Å². The Labute approximate surface area is 174 Å². The van der Waals surface area contributed by atoms with Crippen molar-refractivity contribution in [2.75, 3.05) is 33.9 Å². The number of ether oxygens (including phenoxy) is 3. The van der Waals surface area contributed by atoms with E-state index in [-0.39, 0.29) is 6.09 Å². The Morgan fingerprint density at radius 2 is 1.69 bits per heavy atom. The third-order valence-electron chi connectivity index (χ3n) is 7.11. The molecule has 160 valence electrons. The molecule has 3 saturated heterocycles. The number of rotatable bonds is 5. The van der Waals surface area contributed by atoms with Crippen LogP contribution in [0.1, 0.15) is 56.9 Å². The quantitative estimate of drug-likeness (QED) is 0.744. The van der Waals surface area contributed by atoms with Gasteiger partial charge in [0.1, 0.15) is 11.5 Å². The van der Waals surface area contributed by atoms with Crippen molar-refractivity contribution in [2.24, 2.45) is 0 Å². The fraction of sp³-hybridized carbons (Fsp3) is 0.696. The molecule has 3 heterocycles. The highest BCUT2D eigenvalue weighted by molar-refractivity contribution is 5.69. The van der Waals surface area contributed by atoms with E-state index in [9.17, 15) is 4.79 Å². The summed E-state index contributed by atoms with van der Waals surface area (Å²) >= 11 is 0. The first-order valence-electron chi connectivity index (χ1n) is 11.1. The molecule has 29 heavy (non-hydrogen) atoms. The lowest BCUT2D eigenvalue weighted by Gasteiger charge is -2.45. The molecule has 0 unspecified atom stereocenters. The van der Waals surface area contributed by atoms with Crippen LogP contribution in [-0.4, -0.2) is 67.9 Å². The van der Waals surface area contributed by atoms with E-state index in [0.717, 1.165) is 63.1 Å². The molecule has 4 rings (SSSR count). The van der Waals surface area contributed by atoms with E-state index in [4.69, 9.17) is 14.2 Å². The second-order valence-corrected chi connectivity index (χ2v) is 8.53. The van der Waals surface area contributed by atoms with Crippen molar-refractivity contribution < 1.29 is 19.0 Å². The van der Waals surface area contributed by atoms with Crippen LogP contribution in [-0.2, 0) is 4.74 Å². The molecule has 0 aromatic heterocycles. The van der Waals surface area contributed by atoms with Crippen LogP contribution in [0.3, 0.4) is 0 Å². The lowest BCUT2D eigenvalue weighted by molar-refractivity contribution is 0.0340. The van der Waals surface area contributed by atoms with Crippen molar-refractivity contribution in [3.63, 3.8) is 0 Å². The van der Waals surface area contributed by atoms with Gasteiger partial charge in [-0.3, -0.25) is 0 Å². The summed E-state index contributed by atoms with van der Waals surface area (Å²) in [5, 5.41) is 0. The number of methoxy groups -OCH3 is 2. The van der Waals surface area contributed by atoms with Crippen LogP contribution in [0.25, 0.3) is 0 Å².